The molecule has 2 aromatic rings. The van der Waals surface area contributed by atoms with Crippen LogP contribution < -0.4 is 10.6 Å². The van der Waals surface area contributed by atoms with Crippen LogP contribution in [0.4, 0.5) is 0 Å². The number of aryl methyl sites for hydroxylation is 1. The molecular weight excluding hydrogens is 357 g/mol. The van der Waals surface area contributed by atoms with Crippen LogP contribution >= 0.6 is 24.8 Å². The van der Waals surface area contributed by atoms with Crippen LogP contribution in [0.15, 0.2) is 42.7 Å². The summed E-state index contributed by atoms with van der Waals surface area (Å²) in [5.74, 6) is 0.408. The molecule has 1 amide bonds. The molecule has 1 aliphatic rings. The van der Waals surface area contributed by atoms with E-state index in [1.807, 2.05) is 6.07 Å². The fourth-order valence-electron chi connectivity index (χ4n) is 2.95. The topological polar surface area (TPSA) is 54.0 Å². The lowest BCUT2D eigenvalue weighted by Crippen LogP contribution is -2.48. The summed E-state index contributed by atoms with van der Waals surface area (Å²) in [6.07, 6.45) is 4.41. The van der Waals surface area contributed by atoms with Gasteiger partial charge >= 0.3 is 0 Å². The van der Waals surface area contributed by atoms with Crippen LogP contribution in [0.25, 0.3) is 11.1 Å². The van der Waals surface area contributed by atoms with Gasteiger partial charge in [0, 0.05) is 24.0 Å². The zero-order chi connectivity index (χ0) is 16.2. The van der Waals surface area contributed by atoms with Gasteiger partial charge in [-0.2, -0.15) is 0 Å². The van der Waals surface area contributed by atoms with Crippen molar-refractivity contribution in [3.05, 3.63) is 53.9 Å². The molecule has 0 spiro atoms. The minimum Gasteiger partial charge on any atom is -0.349 e. The maximum atomic E-state index is 12.5. The van der Waals surface area contributed by atoms with Gasteiger partial charge < -0.3 is 10.6 Å². The van der Waals surface area contributed by atoms with E-state index in [0.29, 0.717) is 11.5 Å². The number of nitrogens with one attached hydrogen (secondary N) is 2. The molecule has 1 aromatic heterocycles. The average molecular weight is 382 g/mol. The number of piperidine rings is 1. The standard InChI is InChI=1S/C19H23N3O.2ClH/c1-13-3-5-15(6-4-13)16-9-17(12-21-11-16)19(23)22-18-7-8-20-10-14(18)2;;/h3-6,9,11-12,14,18,20H,7-8,10H2,1-2H3,(H,22,23);2*1H. The number of aromatic nitrogens is 1. The molecule has 1 fully saturated rings. The third-order valence-electron chi connectivity index (χ3n) is 4.49. The van der Waals surface area contributed by atoms with Gasteiger partial charge in [-0.15, -0.1) is 24.8 Å². The second kappa shape index (κ2) is 9.76. The summed E-state index contributed by atoms with van der Waals surface area (Å²) in [4.78, 5) is 16.8. The lowest BCUT2D eigenvalue weighted by atomic mass is 9.95. The quantitative estimate of drug-likeness (QED) is 0.853. The van der Waals surface area contributed by atoms with Crippen molar-refractivity contribution in [2.45, 2.75) is 26.3 Å². The van der Waals surface area contributed by atoms with Crippen molar-refractivity contribution in [1.29, 1.82) is 0 Å². The molecule has 6 heteroatoms. The van der Waals surface area contributed by atoms with E-state index < -0.39 is 0 Å². The molecule has 0 bridgehead atoms. The number of hydrogen-bond donors (Lipinski definition) is 2. The van der Waals surface area contributed by atoms with Crippen LogP contribution in [0.5, 0.6) is 0 Å². The van der Waals surface area contributed by atoms with Gasteiger partial charge in [0.25, 0.3) is 5.91 Å². The first-order valence-electron chi connectivity index (χ1n) is 8.17. The van der Waals surface area contributed by atoms with E-state index in [9.17, 15) is 4.79 Å². The van der Waals surface area contributed by atoms with E-state index >= 15 is 0 Å². The van der Waals surface area contributed by atoms with E-state index in [2.05, 4.69) is 53.7 Å². The lowest BCUT2D eigenvalue weighted by molar-refractivity contribution is 0.0914. The zero-order valence-corrected chi connectivity index (χ0v) is 16.1. The summed E-state index contributed by atoms with van der Waals surface area (Å²) in [7, 11) is 0. The first kappa shape index (κ1) is 21.4. The Balaban J connectivity index is 0.00000156. The highest BCUT2D eigenvalue weighted by Gasteiger charge is 2.23. The number of benzene rings is 1. The average Bonchev–Trinajstić information content (AvgIpc) is 2.58. The number of hydrogen-bond acceptors (Lipinski definition) is 3. The number of nitrogens with zero attached hydrogens (tertiary/aromatic N) is 1. The minimum atomic E-state index is -0.0368. The molecular formula is C19H25Cl2N3O. The van der Waals surface area contributed by atoms with E-state index in [0.717, 1.165) is 30.6 Å². The molecule has 3 rings (SSSR count). The van der Waals surface area contributed by atoms with Crippen molar-refractivity contribution >= 4 is 30.7 Å². The van der Waals surface area contributed by atoms with Gasteiger partial charge in [-0.3, -0.25) is 9.78 Å². The Morgan fingerprint density at radius 3 is 2.56 bits per heavy atom. The molecule has 1 aliphatic heterocycles. The third kappa shape index (κ3) is 5.43. The summed E-state index contributed by atoms with van der Waals surface area (Å²) in [5.41, 5.74) is 3.88. The second-order valence-corrected chi connectivity index (χ2v) is 6.38. The van der Waals surface area contributed by atoms with Crippen LogP contribution in [-0.4, -0.2) is 30.0 Å². The predicted molar refractivity (Wildman–Crippen MR) is 107 cm³/mol. The van der Waals surface area contributed by atoms with Gasteiger partial charge in [0.1, 0.15) is 0 Å². The Morgan fingerprint density at radius 1 is 1.16 bits per heavy atom. The summed E-state index contributed by atoms with van der Waals surface area (Å²) in [6, 6.07) is 10.4. The molecule has 0 aliphatic carbocycles. The SMILES string of the molecule is Cc1ccc(-c2cncc(C(=O)NC3CCNCC3C)c2)cc1.Cl.Cl. The Labute approximate surface area is 161 Å². The first-order valence-corrected chi connectivity index (χ1v) is 8.17. The monoisotopic (exact) mass is 381 g/mol. The molecule has 2 N–H and O–H groups in total. The number of pyridine rings is 1. The van der Waals surface area contributed by atoms with Crippen molar-refractivity contribution in [2.24, 2.45) is 5.92 Å². The largest absolute Gasteiger partial charge is 0.349 e. The highest BCUT2D eigenvalue weighted by Crippen LogP contribution is 2.20. The maximum absolute atomic E-state index is 12.5. The predicted octanol–water partition coefficient (Wildman–Crippen LogP) is 3.63. The summed E-state index contributed by atoms with van der Waals surface area (Å²) < 4.78 is 0. The molecule has 136 valence electrons. The zero-order valence-electron chi connectivity index (χ0n) is 14.5. The van der Waals surface area contributed by atoms with Crippen molar-refractivity contribution in [2.75, 3.05) is 13.1 Å². The molecule has 2 unspecified atom stereocenters. The molecule has 25 heavy (non-hydrogen) atoms. The van der Waals surface area contributed by atoms with Gasteiger partial charge in [0.15, 0.2) is 0 Å². The number of carbonyl (C=O) groups excluding carboxylic acids is 1. The summed E-state index contributed by atoms with van der Waals surface area (Å²) in [6.45, 7) is 6.13. The second-order valence-electron chi connectivity index (χ2n) is 6.38. The van der Waals surface area contributed by atoms with Gasteiger partial charge in [0.2, 0.25) is 0 Å². The number of rotatable bonds is 3. The summed E-state index contributed by atoms with van der Waals surface area (Å²) >= 11 is 0. The van der Waals surface area contributed by atoms with Gasteiger partial charge in [0.05, 0.1) is 5.56 Å². The highest BCUT2D eigenvalue weighted by molar-refractivity contribution is 5.95. The van der Waals surface area contributed by atoms with Crippen molar-refractivity contribution < 1.29 is 4.79 Å². The van der Waals surface area contributed by atoms with Crippen LogP contribution in [0.2, 0.25) is 0 Å². The normalized spacial score (nSPS) is 19.3. The minimum absolute atomic E-state index is 0. The first-order chi connectivity index (χ1) is 11.1. The van der Waals surface area contributed by atoms with Crippen LogP contribution in [-0.2, 0) is 0 Å². The van der Waals surface area contributed by atoms with Crippen LogP contribution in [0.1, 0.15) is 29.3 Å². The molecule has 1 aromatic carbocycles. The molecule has 0 radical (unpaired) electrons. The molecule has 2 heterocycles. The van der Waals surface area contributed by atoms with Crippen molar-refractivity contribution in [3.8, 4) is 11.1 Å². The smallest absolute Gasteiger partial charge is 0.253 e. The van der Waals surface area contributed by atoms with E-state index in [-0.39, 0.29) is 36.8 Å². The fourth-order valence-corrected chi connectivity index (χ4v) is 2.95. The van der Waals surface area contributed by atoms with Crippen molar-refractivity contribution in [3.63, 3.8) is 0 Å². The number of amides is 1. The van der Waals surface area contributed by atoms with Gasteiger partial charge in [-0.25, -0.2) is 0 Å². The number of halogens is 2. The van der Waals surface area contributed by atoms with Gasteiger partial charge in [-0.05, 0) is 44.0 Å². The van der Waals surface area contributed by atoms with E-state index in [1.165, 1.54) is 5.56 Å². The Bertz CT molecular complexity index is 691. The van der Waals surface area contributed by atoms with Crippen LogP contribution in [0, 0.1) is 12.8 Å². The molecule has 1 saturated heterocycles. The summed E-state index contributed by atoms with van der Waals surface area (Å²) in [5, 5.41) is 6.50. The van der Waals surface area contributed by atoms with Gasteiger partial charge in [-0.1, -0.05) is 36.8 Å². The lowest BCUT2D eigenvalue weighted by Gasteiger charge is -2.30. The van der Waals surface area contributed by atoms with E-state index in [1.54, 1.807) is 12.4 Å². The number of carbonyl (C=O) groups is 1. The van der Waals surface area contributed by atoms with Crippen LogP contribution in [0.3, 0.4) is 0 Å². The fraction of sp³-hybridized carbons (Fsp3) is 0.368. The van der Waals surface area contributed by atoms with E-state index in [4.69, 9.17) is 0 Å². The molecule has 2 atom stereocenters. The Morgan fingerprint density at radius 2 is 1.88 bits per heavy atom. The highest BCUT2D eigenvalue weighted by atomic mass is 35.5. The Kier molecular flexibility index (Phi) is 8.36. The Hall–Kier alpha value is -1.62. The molecule has 0 saturated carbocycles. The molecule has 4 nitrogen and oxygen atoms in total. The van der Waals surface area contributed by atoms with Crippen molar-refractivity contribution in [1.82, 2.24) is 15.6 Å². The maximum Gasteiger partial charge on any atom is 0.253 e. The third-order valence-corrected chi connectivity index (χ3v) is 4.49.